The van der Waals surface area contributed by atoms with Crippen LogP contribution in [0, 0.1) is 6.92 Å². The fourth-order valence-electron chi connectivity index (χ4n) is 2.65. The van der Waals surface area contributed by atoms with E-state index in [1.807, 2.05) is 32.0 Å². The first kappa shape index (κ1) is 15.6. The third-order valence-corrected chi connectivity index (χ3v) is 3.87. The van der Waals surface area contributed by atoms with Crippen molar-refractivity contribution in [2.45, 2.75) is 45.1 Å². The number of rotatable bonds is 5. The van der Waals surface area contributed by atoms with Crippen molar-refractivity contribution in [2.75, 3.05) is 18.5 Å². The summed E-state index contributed by atoms with van der Waals surface area (Å²) >= 11 is 0. The van der Waals surface area contributed by atoms with Crippen LogP contribution >= 0.6 is 0 Å². The zero-order valence-electron chi connectivity index (χ0n) is 12.7. The largest absolute Gasteiger partial charge is 0.494 e. The molecule has 116 valence electrons. The molecule has 2 amide bonds. The normalized spacial score (nSPS) is 16.5. The lowest BCUT2D eigenvalue weighted by Gasteiger charge is -2.22. The molecular weight excluding hydrogens is 268 g/mol. The van der Waals surface area contributed by atoms with E-state index in [0.717, 1.165) is 42.7 Å². The third kappa shape index (κ3) is 4.36. The summed E-state index contributed by atoms with van der Waals surface area (Å²) in [6.07, 6.45) is 3.57. The summed E-state index contributed by atoms with van der Waals surface area (Å²) in [6, 6.07) is 5.26. The molecule has 0 spiro atoms. The van der Waals surface area contributed by atoms with E-state index in [-0.39, 0.29) is 6.03 Å². The van der Waals surface area contributed by atoms with Crippen molar-refractivity contribution in [1.82, 2.24) is 5.32 Å². The Labute approximate surface area is 125 Å². The number of carbonyl (C=O) groups is 1. The molecular formula is C16H24N2O3. The Balaban J connectivity index is 1.87. The summed E-state index contributed by atoms with van der Waals surface area (Å²) < 4.78 is 5.41. The molecule has 1 saturated carbocycles. The van der Waals surface area contributed by atoms with Gasteiger partial charge in [0.2, 0.25) is 0 Å². The maximum Gasteiger partial charge on any atom is 0.319 e. The van der Waals surface area contributed by atoms with Gasteiger partial charge in [0.25, 0.3) is 0 Å². The smallest absolute Gasteiger partial charge is 0.319 e. The molecule has 0 bridgehead atoms. The maximum atomic E-state index is 11.9. The van der Waals surface area contributed by atoms with Crippen LogP contribution < -0.4 is 15.4 Å². The van der Waals surface area contributed by atoms with E-state index in [4.69, 9.17) is 4.74 Å². The van der Waals surface area contributed by atoms with Crippen molar-refractivity contribution >= 4 is 11.7 Å². The molecule has 0 aliphatic heterocycles. The summed E-state index contributed by atoms with van der Waals surface area (Å²) in [5.41, 5.74) is 0.954. The Kier molecular flexibility index (Phi) is 5.07. The number of carbonyl (C=O) groups excluding carboxylic acids is 1. The van der Waals surface area contributed by atoms with E-state index in [2.05, 4.69) is 10.6 Å². The summed E-state index contributed by atoms with van der Waals surface area (Å²) in [5.74, 6) is 0.793. The van der Waals surface area contributed by atoms with Gasteiger partial charge in [-0.1, -0.05) is 12.8 Å². The van der Waals surface area contributed by atoms with Gasteiger partial charge >= 0.3 is 6.03 Å². The number of amides is 2. The maximum absolute atomic E-state index is 11.9. The van der Waals surface area contributed by atoms with Crippen molar-refractivity contribution in [1.29, 1.82) is 0 Å². The van der Waals surface area contributed by atoms with Crippen LogP contribution in [0.15, 0.2) is 18.2 Å². The molecule has 1 aromatic rings. The molecule has 1 fully saturated rings. The minimum Gasteiger partial charge on any atom is -0.494 e. The Morgan fingerprint density at radius 3 is 2.71 bits per heavy atom. The molecule has 21 heavy (non-hydrogen) atoms. The molecule has 0 unspecified atom stereocenters. The van der Waals surface area contributed by atoms with Gasteiger partial charge in [-0.15, -0.1) is 0 Å². The molecule has 0 atom stereocenters. The standard InChI is InChI=1S/C16H24N2O3/c1-3-21-13-6-7-14(12(2)10-13)18-15(19)17-11-16(20)8-4-5-9-16/h6-7,10,20H,3-5,8-9,11H2,1-2H3,(H2,17,18,19). The molecule has 1 aliphatic rings. The molecule has 1 aliphatic carbocycles. The van der Waals surface area contributed by atoms with Gasteiger partial charge in [-0.25, -0.2) is 4.79 Å². The van der Waals surface area contributed by atoms with Crippen LogP contribution in [0.2, 0.25) is 0 Å². The number of benzene rings is 1. The average molecular weight is 292 g/mol. The molecule has 2 rings (SSSR count). The topological polar surface area (TPSA) is 70.6 Å². The second kappa shape index (κ2) is 6.80. The summed E-state index contributed by atoms with van der Waals surface area (Å²) in [4.78, 5) is 11.9. The zero-order chi connectivity index (χ0) is 15.3. The highest BCUT2D eigenvalue weighted by molar-refractivity contribution is 5.90. The Morgan fingerprint density at radius 2 is 2.10 bits per heavy atom. The molecule has 5 nitrogen and oxygen atoms in total. The molecule has 0 radical (unpaired) electrons. The summed E-state index contributed by atoms with van der Waals surface area (Å²) in [5, 5.41) is 15.8. The number of ether oxygens (including phenoxy) is 1. The van der Waals surface area contributed by atoms with Crippen LogP contribution in [-0.4, -0.2) is 29.9 Å². The van der Waals surface area contributed by atoms with Crippen LogP contribution in [0.3, 0.4) is 0 Å². The second-order valence-electron chi connectivity index (χ2n) is 5.65. The fraction of sp³-hybridized carbons (Fsp3) is 0.562. The van der Waals surface area contributed by atoms with Gasteiger partial charge in [0.15, 0.2) is 0 Å². The highest BCUT2D eigenvalue weighted by atomic mass is 16.5. The number of aliphatic hydroxyl groups is 1. The predicted molar refractivity (Wildman–Crippen MR) is 82.8 cm³/mol. The number of aryl methyl sites for hydroxylation is 1. The minimum atomic E-state index is -0.731. The highest BCUT2D eigenvalue weighted by Gasteiger charge is 2.31. The Morgan fingerprint density at radius 1 is 1.38 bits per heavy atom. The van der Waals surface area contributed by atoms with Crippen LogP contribution in [0.1, 0.15) is 38.2 Å². The molecule has 3 N–H and O–H groups in total. The Hall–Kier alpha value is -1.75. The minimum absolute atomic E-state index is 0.289. The quantitative estimate of drug-likeness (QED) is 0.781. The number of hydrogen-bond acceptors (Lipinski definition) is 3. The average Bonchev–Trinajstić information content (AvgIpc) is 2.88. The van der Waals surface area contributed by atoms with Crippen molar-refractivity contribution in [3.05, 3.63) is 23.8 Å². The van der Waals surface area contributed by atoms with Crippen molar-refractivity contribution in [3.63, 3.8) is 0 Å². The first-order valence-corrected chi connectivity index (χ1v) is 7.53. The lowest BCUT2D eigenvalue weighted by molar-refractivity contribution is 0.0506. The summed E-state index contributed by atoms with van der Waals surface area (Å²) in [6.45, 7) is 4.77. The van der Waals surface area contributed by atoms with Crippen molar-refractivity contribution in [2.24, 2.45) is 0 Å². The van der Waals surface area contributed by atoms with E-state index >= 15 is 0 Å². The van der Waals surface area contributed by atoms with Crippen LogP contribution in [0.25, 0.3) is 0 Å². The lowest BCUT2D eigenvalue weighted by atomic mass is 10.0. The second-order valence-corrected chi connectivity index (χ2v) is 5.65. The van der Waals surface area contributed by atoms with Crippen LogP contribution in [-0.2, 0) is 0 Å². The monoisotopic (exact) mass is 292 g/mol. The SMILES string of the molecule is CCOc1ccc(NC(=O)NCC2(O)CCCC2)c(C)c1. The van der Waals surface area contributed by atoms with E-state index in [9.17, 15) is 9.90 Å². The lowest BCUT2D eigenvalue weighted by Crippen LogP contribution is -2.42. The van der Waals surface area contributed by atoms with Gasteiger partial charge in [-0.2, -0.15) is 0 Å². The molecule has 0 aromatic heterocycles. The first-order valence-electron chi connectivity index (χ1n) is 7.53. The van der Waals surface area contributed by atoms with Crippen molar-refractivity contribution in [3.8, 4) is 5.75 Å². The molecule has 1 aromatic carbocycles. The van der Waals surface area contributed by atoms with Gasteiger partial charge in [-0.05, 0) is 50.5 Å². The van der Waals surface area contributed by atoms with Crippen LogP contribution in [0.4, 0.5) is 10.5 Å². The van der Waals surface area contributed by atoms with Crippen molar-refractivity contribution < 1.29 is 14.6 Å². The first-order chi connectivity index (χ1) is 10.0. The van der Waals surface area contributed by atoms with E-state index in [0.29, 0.717) is 13.2 Å². The highest BCUT2D eigenvalue weighted by Crippen LogP contribution is 2.28. The van der Waals surface area contributed by atoms with Gasteiger partial charge in [0, 0.05) is 12.2 Å². The van der Waals surface area contributed by atoms with E-state index < -0.39 is 5.60 Å². The summed E-state index contributed by atoms with van der Waals surface area (Å²) in [7, 11) is 0. The van der Waals surface area contributed by atoms with E-state index in [1.54, 1.807) is 0 Å². The van der Waals surface area contributed by atoms with Gasteiger partial charge < -0.3 is 20.5 Å². The predicted octanol–water partition coefficient (Wildman–Crippen LogP) is 2.82. The van der Waals surface area contributed by atoms with Gasteiger partial charge in [0.05, 0.1) is 12.2 Å². The van der Waals surface area contributed by atoms with Gasteiger partial charge in [-0.3, -0.25) is 0 Å². The van der Waals surface area contributed by atoms with Crippen LogP contribution in [0.5, 0.6) is 5.75 Å². The molecule has 0 saturated heterocycles. The number of anilines is 1. The number of nitrogens with one attached hydrogen (secondary N) is 2. The van der Waals surface area contributed by atoms with E-state index in [1.165, 1.54) is 0 Å². The van der Waals surface area contributed by atoms with Gasteiger partial charge in [0.1, 0.15) is 5.75 Å². The zero-order valence-corrected chi connectivity index (χ0v) is 12.7. The Bertz CT molecular complexity index is 496. The number of urea groups is 1. The molecule has 5 heteroatoms. The molecule has 0 heterocycles. The third-order valence-electron chi connectivity index (χ3n) is 3.87. The number of hydrogen-bond donors (Lipinski definition) is 3. The fourth-order valence-corrected chi connectivity index (χ4v) is 2.65.